The van der Waals surface area contributed by atoms with Crippen LogP contribution in [0, 0.1) is 0 Å². The first kappa shape index (κ1) is 13.6. The lowest BCUT2D eigenvalue weighted by molar-refractivity contribution is 0.112. The maximum absolute atomic E-state index is 10.5. The number of thioether (sulfide) groups is 1. The van der Waals surface area contributed by atoms with Gasteiger partial charge in [-0.3, -0.25) is 4.79 Å². The Bertz CT molecular complexity index is 342. The number of rotatable bonds is 7. The minimum absolute atomic E-state index is 0.653. The molecule has 4 heteroatoms. The Hall–Kier alpha value is -0.480. The van der Waals surface area contributed by atoms with Gasteiger partial charge in [0.15, 0.2) is 0 Å². The summed E-state index contributed by atoms with van der Waals surface area (Å²) in [5, 5.41) is 0. The van der Waals surface area contributed by atoms with Gasteiger partial charge in [0.2, 0.25) is 0 Å². The molecular weight excluding hydrogens is 288 g/mol. The number of hydrogen-bond acceptors (Lipinski definition) is 3. The van der Waals surface area contributed by atoms with Gasteiger partial charge >= 0.3 is 0 Å². The molecule has 0 fully saturated rings. The zero-order valence-corrected chi connectivity index (χ0v) is 11.6. The quantitative estimate of drug-likeness (QED) is 0.566. The molecule has 0 spiro atoms. The molecule has 0 heterocycles. The van der Waals surface area contributed by atoms with Crippen molar-refractivity contribution in [2.45, 2.75) is 13.3 Å². The first-order chi connectivity index (χ1) is 7.77. The van der Waals surface area contributed by atoms with Crippen LogP contribution in [0.5, 0.6) is 5.75 Å². The molecule has 0 aromatic heterocycles. The van der Waals surface area contributed by atoms with Crippen LogP contribution in [0.2, 0.25) is 0 Å². The molecule has 0 bridgehead atoms. The summed E-state index contributed by atoms with van der Waals surface area (Å²) >= 11 is 5.30. The van der Waals surface area contributed by atoms with Crippen LogP contribution in [0.4, 0.5) is 0 Å². The molecule has 0 amide bonds. The first-order valence-electron chi connectivity index (χ1n) is 5.23. The molecule has 16 heavy (non-hydrogen) atoms. The van der Waals surface area contributed by atoms with E-state index < -0.39 is 0 Å². The number of halogens is 1. The van der Waals surface area contributed by atoms with Crippen LogP contribution in [-0.4, -0.2) is 24.4 Å². The average Bonchev–Trinajstić information content (AvgIpc) is 2.30. The molecule has 0 aliphatic carbocycles. The Kier molecular flexibility index (Phi) is 6.57. The Morgan fingerprint density at radius 1 is 1.50 bits per heavy atom. The number of carbonyl (C=O) groups excluding carboxylic acids is 1. The van der Waals surface area contributed by atoms with Gasteiger partial charge in [0.1, 0.15) is 12.0 Å². The third-order valence-electron chi connectivity index (χ3n) is 1.99. The summed E-state index contributed by atoms with van der Waals surface area (Å²) in [5.74, 6) is 3.07. The number of carbonyl (C=O) groups is 1. The maximum atomic E-state index is 10.5. The Morgan fingerprint density at radius 2 is 2.31 bits per heavy atom. The molecule has 0 saturated carbocycles. The summed E-state index contributed by atoms with van der Waals surface area (Å²) in [7, 11) is 0. The second-order valence-electron chi connectivity index (χ2n) is 3.21. The van der Waals surface area contributed by atoms with E-state index in [1.807, 2.05) is 17.8 Å². The van der Waals surface area contributed by atoms with Crippen molar-refractivity contribution >= 4 is 34.0 Å². The summed E-state index contributed by atoms with van der Waals surface area (Å²) in [5.41, 5.74) is 0.653. The van der Waals surface area contributed by atoms with Crippen molar-refractivity contribution in [3.05, 3.63) is 28.2 Å². The van der Waals surface area contributed by atoms with Gasteiger partial charge in [-0.05, 0) is 52.1 Å². The number of ether oxygens (including phenoxy) is 1. The Balaban J connectivity index is 2.39. The molecule has 0 atom stereocenters. The number of benzene rings is 1. The van der Waals surface area contributed by atoms with Crippen LogP contribution in [0.3, 0.4) is 0 Å². The van der Waals surface area contributed by atoms with Gasteiger partial charge in [0.05, 0.1) is 11.1 Å². The fraction of sp³-hybridized carbons (Fsp3) is 0.417. The van der Waals surface area contributed by atoms with Crippen LogP contribution < -0.4 is 4.74 Å². The number of aldehydes is 1. The summed E-state index contributed by atoms with van der Waals surface area (Å²) in [6, 6.07) is 5.35. The third kappa shape index (κ3) is 4.58. The highest BCUT2D eigenvalue weighted by molar-refractivity contribution is 9.10. The predicted octanol–water partition coefficient (Wildman–Crippen LogP) is 3.78. The molecule has 0 unspecified atom stereocenters. The SMILES string of the molecule is CCSCCCOc1ccc(C=O)cc1Br. The topological polar surface area (TPSA) is 26.3 Å². The van der Waals surface area contributed by atoms with E-state index in [2.05, 4.69) is 22.9 Å². The van der Waals surface area contributed by atoms with Crippen LogP contribution in [0.15, 0.2) is 22.7 Å². The molecule has 0 radical (unpaired) electrons. The van der Waals surface area contributed by atoms with E-state index in [0.717, 1.165) is 34.4 Å². The van der Waals surface area contributed by atoms with E-state index in [1.165, 1.54) is 0 Å². The van der Waals surface area contributed by atoms with E-state index in [0.29, 0.717) is 12.2 Å². The van der Waals surface area contributed by atoms with Crippen molar-refractivity contribution in [2.75, 3.05) is 18.1 Å². The minimum Gasteiger partial charge on any atom is -0.492 e. The lowest BCUT2D eigenvalue weighted by Gasteiger charge is -2.08. The molecule has 0 aliphatic heterocycles. The smallest absolute Gasteiger partial charge is 0.150 e. The van der Waals surface area contributed by atoms with Crippen LogP contribution in [-0.2, 0) is 0 Å². The molecular formula is C12H15BrO2S. The Labute approximate surface area is 109 Å². The van der Waals surface area contributed by atoms with Crippen molar-refractivity contribution in [3.8, 4) is 5.75 Å². The standard InChI is InChI=1S/C12H15BrO2S/c1-2-16-7-3-6-15-12-5-4-10(9-14)8-11(12)13/h4-5,8-9H,2-3,6-7H2,1H3. The fourth-order valence-corrected chi connectivity index (χ4v) is 2.32. The predicted molar refractivity (Wildman–Crippen MR) is 72.6 cm³/mol. The highest BCUT2D eigenvalue weighted by Crippen LogP contribution is 2.25. The van der Waals surface area contributed by atoms with Crippen molar-refractivity contribution in [2.24, 2.45) is 0 Å². The summed E-state index contributed by atoms with van der Waals surface area (Å²) in [6.45, 7) is 2.87. The molecule has 0 aliphatic rings. The minimum atomic E-state index is 0.653. The van der Waals surface area contributed by atoms with Gasteiger partial charge in [-0.1, -0.05) is 6.92 Å². The second-order valence-corrected chi connectivity index (χ2v) is 5.45. The number of hydrogen-bond donors (Lipinski definition) is 0. The molecule has 88 valence electrons. The monoisotopic (exact) mass is 302 g/mol. The van der Waals surface area contributed by atoms with E-state index >= 15 is 0 Å². The van der Waals surface area contributed by atoms with Gasteiger partial charge < -0.3 is 4.74 Å². The Morgan fingerprint density at radius 3 is 2.94 bits per heavy atom. The van der Waals surface area contributed by atoms with E-state index in [-0.39, 0.29) is 0 Å². The van der Waals surface area contributed by atoms with Crippen molar-refractivity contribution in [3.63, 3.8) is 0 Å². The lowest BCUT2D eigenvalue weighted by atomic mass is 10.2. The van der Waals surface area contributed by atoms with Gasteiger partial charge in [-0.2, -0.15) is 11.8 Å². The average molecular weight is 303 g/mol. The summed E-state index contributed by atoms with van der Waals surface area (Å²) < 4.78 is 6.44. The van der Waals surface area contributed by atoms with E-state index in [1.54, 1.807) is 12.1 Å². The molecule has 1 aromatic rings. The van der Waals surface area contributed by atoms with Crippen molar-refractivity contribution in [1.82, 2.24) is 0 Å². The first-order valence-corrected chi connectivity index (χ1v) is 7.18. The van der Waals surface area contributed by atoms with E-state index in [4.69, 9.17) is 4.74 Å². The highest BCUT2D eigenvalue weighted by Gasteiger charge is 2.01. The molecule has 1 rings (SSSR count). The van der Waals surface area contributed by atoms with Crippen LogP contribution in [0.1, 0.15) is 23.7 Å². The van der Waals surface area contributed by atoms with Gasteiger partial charge in [-0.15, -0.1) is 0 Å². The van der Waals surface area contributed by atoms with Crippen LogP contribution >= 0.6 is 27.7 Å². The summed E-state index contributed by atoms with van der Waals surface area (Å²) in [6.07, 6.45) is 1.87. The fourth-order valence-electron chi connectivity index (χ4n) is 1.19. The van der Waals surface area contributed by atoms with Crippen molar-refractivity contribution < 1.29 is 9.53 Å². The van der Waals surface area contributed by atoms with Gasteiger partial charge in [0, 0.05) is 5.56 Å². The summed E-state index contributed by atoms with van der Waals surface area (Å²) in [4.78, 5) is 10.5. The lowest BCUT2D eigenvalue weighted by Crippen LogP contribution is -1.99. The van der Waals surface area contributed by atoms with Crippen molar-refractivity contribution in [1.29, 1.82) is 0 Å². The zero-order chi connectivity index (χ0) is 11.8. The largest absolute Gasteiger partial charge is 0.492 e. The molecule has 2 nitrogen and oxygen atoms in total. The highest BCUT2D eigenvalue weighted by atomic mass is 79.9. The molecule has 0 N–H and O–H groups in total. The normalized spacial score (nSPS) is 10.1. The molecule has 1 aromatic carbocycles. The maximum Gasteiger partial charge on any atom is 0.150 e. The van der Waals surface area contributed by atoms with E-state index in [9.17, 15) is 4.79 Å². The third-order valence-corrected chi connectivity index (χ3v) is 3.59. The van der Waals surface area contributed by atoms with Gasteiger partial charge in [-0.25, -0.2) is 0 Å². The second kappa shape index (κ2) is 7.74. The van der Waals surface area contributed by atoms with Gasteiger partial charge in [0.25, 0.3) is 0 Å². The molecule has 0 saturated heterocycles. The van der Waals surface area contributed by atoms with Crippen LogP contribution in [0.25, 0.3) is 0 Å². The zero-order valence-electron chi connectivity index (χ0n) is 9.24.